The Morgan fingerprint density at radius 1 is 0.919 bits per heavy atom. The van der Waals surface area contributed by atoms with Crippen LogP contribution in [0.4, 0.5) is 24.5 Å². The Morgan fingerprint density at radius 3 is 2.43 bits per heavy atom. The van der Waals surface area contributed by atoms with Crippen molar-refractivity contribution in [3.05, 3.63) is 108 Å². The number of nitrogens with zero attached hydrogens (tertiary/aromatic N) is 2. The second kappa shape index (κ2) is 9.98. The van der Waals surface area contributed by atoms with E-state index >= 15 is 0 Å². The number of pyridine rings is 1. The van der Waals surface area contributed by atoms with Crippen molar-refractivity contribution in [2.75, 3.05) is 10.2 Å². The molecule has 0 saturated carbocycles. The van der Waals surface area contributed by atoms with E-state index in [1.807, 2.05) is 30.3 Å². The molecule has 3 aromatic carbocycles. The number of alkyl halides is 3. The summed E-state index contributed by atoms with van der Waals surface area (Å²) in [5, 5.41) is 3.26. The lowest BCUT2D eigenvalue weighted by Crippen LogP contribution is -2.30. The Hall–Kier alpha value is -4.31. The molecule has 1 aromatic heterocycles. The number of halogens is 3. The van der Waals surface area contributed by atoms with Gasteiger partial charge in [-0.05, 0) is 60.2 Å². The molecule has 10 heteroatoms. The zero-order valence-electron chi connectivity index (χ0n) is 19.0. The van der Waals surface area contributed by atoms with E-state index in [0.717, 1.165) is 16.5 Å². The normalized spacial score (nSPS) is 12.7. The van der Waals surface area contributed by atoms with Crippen LogP contribution in [0.5, 0.6) is 5.75 Å². The van der Waals surface area contributed by atoms with Gasteiger partial charge in [-0.1, -0.05) is 42.1 Å². The predicted molar refractivity (Wildman–Crippen MR) is 133 cm³/mol. The molecule has 2 heterocycles. The van der Waals surface area contributed by atoms with Gasteiger partial charge in [-0.25, -0.2) is 4.98 Å². The highest BCUT2D eigenvalue weighted by molar-refractivity contribution is 7.99. The van der Waals surface area contributed by atoms with Gasteiger partial charge in [0.25, 0.3) is 11.8 Å². The number of hydrogen-bond acceptors (Lipinski definition) is 5. The molecule has 0 aliphatic carbocycles. The maximum atomic E-state index is 13.5. The molecule has 1 aliphatic heterocycles. The highest BCUT2D eigenvalue weighted by Gasteiger charge is 2.33. The van der Waals surface area contributed by atoms with Crippen LogP contribution in [0.15, 0.2) is 101 Å². The van der Waals surface area contributed by atoms with E-state index in [0.29, 0.717) is 28.5 Å². The summed E-state index contributed by atoms with van der Waals surface area (Å²) in [5.41, 5.74) is 2.08. The molecule has 1 N–H and O–H groups in total. The molecule has 5 rings (SSSR count). The van der Waals surface area contributed by atoms with Crippen molar-refractivity contribution in [2.24, 2.45) is 0 Å². The minimum absolute atomic E-state index is 0.256. The quantitative estimate of drug-likeness (QED) is 0.330. The zero-order chi connectivity index (χ0) is 26.0. The smallest absolute Gasteiger partial charge is 0.405 e. The van der Waals surface area contributed by atoms with Crippen LogP contribution in [0.3, 0.4) is 0 Å². The number of anilines is 2. The molecule has 0 spiro atoms. The highest BCUT2D eigenvalue weighted by atomic mass is 32.2. The molecule has 0 radical (unpaired) electrons. The van der Waals surface area contributed by atoms with Gasteiger partial charge in [0.15, 0.2) is 0 Å². The standard InChI is InChI=1S/C27H18F3N3O3S/c28-27(29,30)36-22-9-3-2-7-20(22)24(34)32-19-13-11-17(12-14-19)26(35)33-16-18-6-1-4-10-23(18)37-25-21(33)8-5-15-31-25/h1-15H,16H2,(H,32,34). The lowest BCUT2D eigenvalue weighted by atomic mass is 10.1. The van der Waals surface area contributed by atoms with Crippen molar-refractivity contribution in [3.63, 3.8) is 0 Å². The van der Waals surface area contributed by atoms with Gasteiger partial charge in [0, 0.05) is 22.3 Å². The van der Waals surface area contributed by atoms with Crippen LogP contribution in [0, 0.1) is 0 Å². The SMILES string of the molecule is O=C(Nc1ccc(C(=O)N2Cc3ccccc3Sc3ncccc32)cc1)c1ccccc1OC(F)(F)F. The maximum absolute atomic E-state index is 13.5. The number of benzene rings is 3. The minimum Gasteiger partial charge on any atom is -0.405 e. The number of fused-ring (bicyclic) bond motifs is 2. The van der Waals surface area contributed by atoms with Crippen LogP contribution >= 0.6 is 11.8 Å². The molecule has 0 atom stereocenters. The number of hydrogen-bond donors (Lipinski definition) is 1. The first-order valence-electron chi connectivity index (χ1n) is 11.1. The summed E-state index contributed by atoms with van der Waals surface area (Å²) in [6, 6.07) is 22.6. The van der Waals surface area contributed by atoms with Crippen molar-refractivity contribution in [1.82, 2.24) is 4.98 Å². The number of carbonyl (C=O) groups is 2. The molecular formula is C27H18F3N3O3S. The van der Waals surface area contributed by atoms with Crippen molar-refractivity contribution in [3.8, 4) is 5.75 Å². The van der Waals surface area contributed by atoms with Crippen LogP contribution in [0.1, 0.15) is 26.3 Å². The van der Waals surface area contributed by atoms with E-state index < -0.39 is 18.0 Å². The van der Waals surface area contributed by atoms with E-state index in [1.165, 1.54) is 42.1 Å². The molecule has 6 nitrogen and oxygen atoms in total. The lowest BCUT2D eigenvalue weighted by Gasteiger charge is -2.22. The third-order valence-electron chi connectivity index (χ3n) is 5.54. The number of aromatic nitrogens is 1. The van der Waals surface area contributed by atoms with Crippen molar-refractivity contribution >= 4 is 35.0 Å². The van der Waals surface area contributed by atoms with Gasteiger partial charge in [0.1, 0.15) is 10.8 Å². The second-order valence-corrected chi connectivity index (χ2v) is 9.03. The molecule has 0 saturated heterocycles. The summed E-state index contributed by atoms with van der Waals surface area (Å²) in [6.45, 7) is 0.356. The summed E-state index contributed by atoms with van der Waals surface area (Å²) in [7, 11) is 0. The van der Waals surface area contributed by atoms with Gasteiger partial charge in [-0.15, -0.1) is 13.2 Å². The topological polar surface area (TPSA) is 71.5 Å². The number of rotatable bonds is 4. The fraction of sp³-hybridized carbons (Fsp3) is 0.0741. The van der Waals surface area contributed by atoms with E-state index in [1.54, 1.807) is 29.3 Å². The number of para-hydroxylation sites is 1. The van der Waals surface area contributed by atoms with Gasteiger partial charge in [0.05, 0.1) is 17.8 Å². The molecular weight excluding hydrogens is 503 g/mol. The number of ether oxygens (including phenoxy) is 1. The van der Waals surface area contributed by atoms with Gasteiger partial charge in [-0.3, -0.25) is 9.59 Å². The van der Waals surface area contributed by atoms with Crippen LogP contribution in [-0.4, -0.2) is 23.2 Å². The van der Waals surface area contributed by atoms with E-state index in [-0.39, 0.29) is 11.5 Å². The fourth-order valence-electron chi connectivity index (χ4n) is 3.86. The molecule has 4 aromatic rings. The second-order valence-electron chi connectivity index (χ2n) is 8.00. The van der Waals surface area contributed by atoms with Crippen molar-refractivity contribution in [1.29, 1.82) is 0 Å². The Morgan fingerprint density at radius 2 is 1.65 bits per heavy atom. The Kier molecular flexibility index (Phi) is 6.58. The third-order valence-corrected chi connectivity index (χ3v) is 6.67. The van der Waals surface area contributed by atoms with E-state index in [2.05, 4.69) is 15.0 Å². The van der Waals surface area contributed by atoms with Crippen molar-refractivity contribution < 1.29 is 27.5 Å². The van der Waals surface area contributed by atoms with Crippen LogP contribution in [-0.2, 0) is 6.54 Å². The first-order valence-corrected chi connectivity index (χ1v) is 11.9. The van der Waals surface area contributed by atoms with Crippen LogP contribution < -0.4 is 15.0 Å². The summed E-state index contributed by atoms with van der Waals surface area (Å²) in [4.78, 5) is 33.3. The Balaban J connectivity index is 1.37. The lowest BCUT2D eigenvalue weighted by molar-refractivity contribution is -0.274. The van der Waals surface area contributed by atoms with Crippen molar-refractivity contribution in [2.45, 2.75) is 22.8 Å². The van der Waals surface area contributed by atoms with E-state index in [9.17, 15) is 22.8 Å². The molecule has 1 aliphatic rings. The first-order chi connectivity index (χ1) is 17.8. The molecule has 37 heavy (non-hydrogen) atoms. The summed E-state index contributed by atoms with van der Waals surface area (Å²) in [6.07, 6.45) is -3.25. The number of amides is 2. The number of nitrogens with one attached hydrogen (secondary N) is 1. The molecule has 2 amide bonds. The summed E-state index contributed by atoms with van der Waals surface area (Å²) >= 11 is 1.50. The molecule has 0 fully saturated rings. The average molecular weight is 522 g/mol. The third kappa shape index (κ3) is 5.44. The van der Waals surface area contributed by atoms with Gasteiger partial charge < -0.3 is 15.0 Å². The molecule has 186 valence electrons. The van der Waals surface area contributed by atoms with Gasteiger partial charge >= 0.3 is 6.36 Å². The summed E-state index contributed by atoms with van der Waals surface area (Å²) < 4.78 is 42.0. The van der Waals surface area contributed by atoms with Gasteiger partial charge in [-0.2, -0.15) is 0 Å². The number of carbonyl (C=O) groups excluding carboxylic acids is 2. The average Bonchev–Trinajstić information content (AvgIpc) is 3.05. The zero-order valence-corrected chi connectivity index (χ0v) is 19.8. The Bertz CT molecular complexity index is 1480. The molecule has 0 bridgehead atoms. The largest absolute Gasteiger partial charge is 0.573 e. The van der Waals surface area contributed by atoms with Crippen LogP contribution in [0.2, 0.25) is 0 Å². The predicted octanol–water partition coefficient (Wildman–Crippen LogP) is 6.54. The first kappa shape index (κ1) is 24.4. The van der Waals surface area contributed by atoms with Gasteiger partial charge in [0.2, 0.25) is 0 Å². The minimum atomic E-state index is -4.93. The monoisotopic (exact) mass is 521 g/mol. The fourth-order valence-corrected chi connectivity index (χ4v) is 4.87. The maximum Gasteiger partial charge on any atom is 0.573 e. The van der Waals surface area contributed by atoms with E-state index in [4.69, 9.17) is 0 Å². The molecule has 0 unspecified atom stereocenters. The van der Waals surface area contributed by atoms with Crippen LogP contribution in [0.25, 0.3) is 0 Å². The Labute approximate surface area is 214 Å². The highest BCUT2D eigenvalue weighted by Crippen LogP contribution is 2.40. The summed E-state index contributed by atoms with van der Waals surface area (Å²) in [5.74, 6) is -1.64.